The molecule has 4 aromatic rings. The van der Waals surface area contributed by atoms with Gasteiger partial charge in [0.25, 0.3) is 5.91 Å². The van der Waals surface area contributed by atoms with Gasteiger partial charge in [0.2, 0.25) is 5.89 Å². The normalized spacial score (nSPS) is 11.0. The molecule has 0 unspecified atom stereocenters. The van der Waals surface area contributed by atoms with Crippen LogP contribution in [0.4, 0.5) is 5.69 Å². The number of nitrogens with one attached hydrogen (secondary N) is 1. The SMILES string of the molecule is Cc1ccc(C(=O)Nc2cc(-c3nc4ccc(C)cc4o3)ccc2Cl)c(C)c1. The van der Waals surface area contributed by atoms with Crippen molar-refractivity contribution in [3.63, 3.8) is 0 Å². The van der Waals surface area contributed by atoms with Crippen molar-refractivity contribution in [2.75, 3.05) is 5.32 Å². The van der Waals surface area contributed by atoms with E-state index in [-0.39, 0.29) is 5.91 Å². The summed E-state index contributed by atoms with van der Waals surface area (Å²) in [6.45, 7) is 5.92. The van der Waals surface area contributed by atoms with Gasteiger partial charge in [-0.15, -0.1) is 0 Å². The van der Waals surface area contributed by atoms with E-state index >= 15 is 0 Å². The molecule has 0 spiro atoms. The first-order valence-electron chi connectivity index (χ1n) is 8.96. The zero-order valence-corrected chi connectivity index (χ0v) is 16.6. The fourth-order valence-corrected chi connectivity index (χ4v) is 3.33. The zero-order valence-electron chi connectivity index (χ0n) is 15.8. The predicted molar refractivity (Wildman–Crippen MR) is 113 cm³/mol. The maximum Gasteiger partial charge on any atom is 0.255 e. The molecule has 1 amide bonds. The second-order valence-corrected chi connectivity index (χ2v) is 7.36. The molecule has 4 rings (SSSR count). The maximum absolute atomic E-state index is 12.7. The lowest BCUT2D eigenvalue weighted by atomic mass is 10.1. The Morgan fingerprint density at radius 1 is 0.964 bits per heavy atom. The number of carbonyl (C=O) groups is 1. The number of fused-ring (bicyclic) bond motifs is 1. The second kappa shape index (κ2) is 7.13. The molecule has 0 atom stereocenters. The van der Waals surface area contributed by atoms with E-state index in [0.29, 0.717) is 22.2 Å². The number of benzene rings is 3. The number of carbonyl (C=O) groups excluding carboxylic acids is 1. The third-order valence-electron chi connectivity index (χ3n) is 4.63. The summed E-state index contributed by atoms with van der Waals surface area (Å²) in [5.74, 6) is 0.282. The molecule has 0 aliphatic heterocycles. The summed E-state index contributed by atoms with van der Waals surface area (Å²) in [6, 6.07) is 16.9. The zero-order chi connectivity index (χ0) is 19.8. The highest BCUT2D eigenvalue weighted by Crippen LogP contribution is 2.31. The van der Waals surface area contributed by atoms with Gasteiger partial charge in [0.1, 0.15) is 5.52 Å². The number of hydrogen-bond acceptors (Lipinski definition) is 3. The van der Waals surface area contributed by atoms with Gasteiger partial charge in [0, 0.05) is 11.1 Å². The molecule has 28 heavy (non-hydrogen) atoms. The van der Waals surface area contributed by atoms with Gasteiger partial charge in [-0.1, -0.05) is 35.4 Å². The first kappa shape index (κ1) is 18.3. The predicted octanol–water partition coefficient (Wildman–Crippen LogP) is 6.33. The molecule has 3 aromatic carbocycles. The molecule has 5 heteroatoms. The van der Waals surface area contributed by atoms with Gasteiger partial charge in [-0.05, 0) is 68.3 Å². The molecule has 1 aromatic heterocycles. The minimum atomic E-state index is -0.204. The summed E-state index contributed by atoms with van der Waals surface area (Å²) in [7, 11) is 0. The monoisotopic (exact) mass is 390 g/mol. The Labute approximate surface area is 168 Å². The van der Waals surface area contributed by atoms with Gasteiger partial charge in [0.15, 0.2) is 5.58 Å². The number of halogens is 1. The lowest BCUT2D eigenvalue weighted by molar-refractivity contribution is 0.102. The molecule has 0 radical (unpaired) electrons. The summed E-state index contributed by atoms with van der Waals surface area (Å²) < 4.78 is 5.88. The lowest BCUT2D eigenvalue weighted by Gasteiger charge is -2.10. The first-order chi connectivity index (χ1) is 13.4. The summed E-state index contributed by atoms with van der Waals surface area (Å²) in [5.41, 5.74) is 6.52. The second-order valence-electron chi connectivity index (χ2n) is 6.96. The molecule has 0 saturated carbocycles. The number of rotatable bonds is 3. The third kappa shape index (κ3) is 3.51. The van der Waals surface area contributed by atoms with Crippen molar-refractivity contribution in [3.05, 3.63) is 81.9 Å². The Bertz CT molecular complexity index is 1210. The molecule has 0 aliphatic rings. The van der Waals surface area contributed by atoms with Crippen LogP contribution in [0, 0.1) is 20.8 Å². The topological polar surface area (TPSA) is 55.1 Å². The van der Waals surface area contributed by atoms with E-state index in [1.165, 1.54) is 0 Å². The standard InChI is InChI=1S/C23H19ClN2O2/c1-13-4-7-17(15(3)10-13)22(27)25-20-12-16(6-8-18(20)24)23-26-19-9-5-14(2)11-21(19)28-23/h4-12H,1-3H3,(H,25,27). The third-order valence-corrected chi connectivity index (χ3v) is 4.96. The van der Waals surface area contributed by atoms with E-state index in [4.69, 9.17) is 16.0 Å². The van der Waals surface area contributed by atoms with Crippen LogP contribution in [-0.2, 0) is 0 Å². The molecule has 140 valence electrons. The van der Waals surface area contributed by atoms with Crippen LogP contribution >= 0.6 is 11.6 Å². The van der Waals surface area contributed by atoms with E-state index in [1.54, 1.807) is 12.1 Å². The Kier molecular flexibility index (Phi) is 4.65. The van der Waals surface area contributed by atoms with Crippen molar-refractivity contribution in [1.82, 2.24) is 4.98 Å². The molecular formula is C23H19ClN2O2. The Hall–Kier alpha value is -3.11. The summed E-state index contributed by atoms with van der Waals surface area (Å²) >= 11 is 6.31. The molecule has 0 saturated heterocycles. The average Bonchev–Trinajstić information content (AvgIpc) is 3.06. The van der Waals surface area contributed by atoms with E-state index in [9.17, 15) is 4.79 Å². The number of hydrogen-bond donors (Lipinski definition) is 1. The number of aryl methyl sites for hydroxylation is 3. The van der Waals surface area contributed by atoms with Crippen molar-refractivity contribution >= 4 is 34.3 Å². The highest BCUT2D eigenvalue weighted by Gasteiger charge is 2.14. The fourth-order valence-electron chi connectivity index (χ4n) is 3.17. The molecule has 4 nitrogen and oxygen atoms in total. The summed E-state index contributed by atoms with van der Waals surface area (Å²) in [4.78, 5) is 17.2. The van der Waals surface area contributed by atoms with Crippen molar-refractivity contribution in [1.29, 1.82) is 0 Å². The van der Waals surface area contributed by atoms with Crippen molar-refractivity contribution in [2.24, 2.45) is 0 Å². The van der Waals surface area contributed by atoms with Crippen LogP contribution in [0.5, 0.6) is 0 Å². The van der Waals surface area contributed by atoms with Crippen molar-refractivity contribution < 1.29 is 9.21 Å². The lowest BCUT2D eigenvalue weighted by Crippen LogP contribution is -2.13. The molecule has 1 N–H and O–H groups in total. The number of anilines is 1. The average molecular weight is 391 g/mol. The fraction of sp³-hybridized carbons (Fsp3) is 0.130. The van der Waals surface area contributed by atoms with Crippen LogP contribution in [0.1, 0.15) is 27.0 Å². The van der Waals surface area contributed by atoms with E-state index in [2.05, 4.69) is 10.3 Å². The van der Waals surface area contributed by atoms with E-state index < -0.39 is 0 Å². The van der Waals surface area contributed by atoms with Crippen LogP contribution in [0.2, 0.25) is 5.02 Å². The van der Waals surface area contributed by atoms with E-state index in [1.807, 2.05) is 63.2 Å². The van der Waals surface area contributed by atoms with Gasteiger partial charge in [-0.3, -0.25) is 4.79 Å². The highest BCUT2D eigenvalue weighted by molar-refractivity contribution is 6.34. The van der Waals surface area contributed by atoms with Crippen molar-refractivity contribution in [3.8, 4) is 11.5 Å². The van der Waals surface area contributed by atoms with Gasteiger partial charge in [-0.2, -0.15) is 0 Å². The minimum absolute atomic E-state index is 0.204. The highest BCUT2D eigenvalue weighted by atomic mass is 35.5. The number of oxazole rings is 1. The Morgan fingerprint density at radius 3 is 2.50 bits per heavy atom. The van der Waals surface area contributed by atoms with Crippen LogP contribution in [-0.4, -0.2) is 10.9 Å². The number of nitrogens with zero attached hydrogens (tertiary/aromatic N) is 1. The molecule has 0 fully saturated rings. The smallest absolute Gasteiger partial charge is 0.255 e. The summed E-state index contributed by atoms with van der Waals surface area (Å²) in [6.07, 6.45) is 0. The van der Waals surface area contributed by atoms with E-state index in [0.717, 1.165) is 33.4 Å². The van der Waals surface area contributed by atoms with Gasteiger partial charge in [-0.25, -0.2) is 4.98 Å². The molecular weight excluding hydrogens is 372 g/mol. The Balaban J connectivity index is 1.67. The number of amides is 1. The maximum atomic E-state index is 12.7. The molecule has 0 aliphatic carbocycles. The van der Waals surface area contributed by atoms with Crippen LogP contribution in [0.25, 0.3) is 22.6 Å². The minimum Gasteiger partial charge on any atom is -0.436 e. The Morgan fingerprint density at radius 2 is 1.71 bits per heavy atom. The molecule has 0 bridgehead atoms. The molecule has 1 heterocycles. The first-order valence-corrected chi connectivity index (χ1v) is 9.34. The van der Waals surface area contributed by atoms with Crippen LogP contribution < -0.4 is 5.32 Å². The van der Waals surface area contributed by atoms with Crippen LogP contribution in [0.3, 0.4) is 0 Å². The van der Waals surface area contributed by atoms with Crippen molar-refractivity contribution in [2.45, 2.75) is 20.8 Å². The van der Waals surface area contributed by atoms with Gasteiger partial charge >= 0.3 is 0 Å². The van der Waals surface area contributed by atoms with Gasteiger partial charge < -0.3 is 9.73 Å². The largest absolute Gasteiger partial charge is 0.436 e. The van der Waals surface area contributed by atoms with Gasteiger partial charge in [0.05, 0.1) is 10.7 Å². The summed E-state index contributed by atoms with van der Waals surface area (Å²) in [5, 5.41) is 3.35. The quantitative estimate of drug-likeness (QED) is 0.445. The van der Waals surface area contributed by atoms with Crippen LogP contribution in [0.15, 0.2) is 59.0 Å². The number of aromatic nitrogens is 1.